The normalized spacial score (nSPS) is 19.9. The molecule has 3 nitrogen and oxygen atoms in total. The highest BCUT2D eigenvalue weighted by molar-refractivity contribution is 6.31. The van der Waals surface area contributed by atoms with E-state index in [2.05, 4.69) is 22.1 Å². The SMILES string of the molecule is CCC1CCN(c2ccc(Cl)c(CNC)n2)C1. The maximum atomic E-state index is 6.12. The van der Waals surface area contributed by atoms with Crippen LogP contribution in [0, 0.1) is 5.92 Å². The Morgan fingerprint density at radius 2 is 2.35 bits per heavy atom. The van der Waals surface area contributed by atoms with Gasteiger partial charge in [0.1, 0.15) is 5.82 Å². The molecule has 1 aliphatic heterocycles. The number of aromatic nitrogens is 1. The molecule has 2 rings (SSSR count). The van der Waals surface area contributed by atoms with E-state index in [-0.39, 0.29) is 0 Å². The minimum Gasteiger partial charge on any atom is -0.356 e. The summed E-state index contributed by atoms with van der Waals surface area (Å²) >= 11 is 6.12. The topological polar surface area (TPSA) is 28.2 Å². The van der Waals surface area contributed by atoms with E-state index < -0.39 is 0 Å². The lowest BCUT2D eigenvalue weighted by Crippen LogP contribution is -2.21. The number of nitrogens with zero attached hydrogens (tertiary/aromatic N) is 2. The average molecular weight is 254 g/mol. The molecule has 0 spiro atoms. The summed E-state index contributed by atoms with van der Waals surface area (Å²) < 4.78 is 0. The Morgan fingerprint density at radius 3 is 3.00 bits per heavy atom. The Hall–Kier alpha value is -0.800. The summed E-state index contributed by atoms with van der Waals surface area (Å²) in [5.41, 5.74) is 0.937. The summed E-state index contributed by atoms with van der Waals surface area (Å²) in [4.78, 5) is 7.01. The van der Waals surface area contributed by atoms with Gasteiger partial charge in [0.05, 0.1) is 10.7 Å². The first-order valence-corrected chi connectivity index (χ1v) is 6.67. The summed E-state index contributed by atoms with van der Waals surface area (Å²) in [6.07, 6.45) is 2.54. The molecule has 1 N–H and O–H groups in total. The zero-order valence-electron chi connectivity index (χ0n) is 10.5. The van der Waals surface area contributed by atoms with Crippen molar-refractivity contribution in [3.05, 3.63) is 22.8 Å². The molecule has 1 unspecified atom stereocenters. The second kappa shape index (κ2) is 5.69. The second-order valence-corrected chi connectivity index (χ2v) is 5.04. The Balaban J connectivity index is 2.13. The number of pyridine rings is 1. The maximum absolute atomic E-state index is 6.12. The fourth-order valence-corrected chi connectivity index (χ4v) is 2.49. The van der Waals surface area contributed by atoms with Gasteiger partial charge in [-0.05, 0) is 31.5 Å². The van der Waals surface area contributed by atoms with E-state index in [0.717, 1.165) is 42.1 Å². The third-order valence-electron chi connectivity index (χ3n) is 3.44. The molecule has 2 heterocycles. The first kappa shape index (κ1) is 12.7. The van der Waals surface area contributed by atoms with Crippen molar-refractivity contribution in [2.45, 2.75) is 26.3 Å². The van der Waals surface area contributed by atoms with Gasteiger partial charge in [0.15, 0.2) is 0 Å². The molecule has 1 fully saturated rings. The zero-order chi connectivity index (χ0) is 12.3. The van der Waals surface area contributed by atoms with Gasteiger partial charge in [-0.25, -0.2) is 4.98 Å². The van der Waals surface area contributed by atoms with Gasteiger partial charge in [0.2, 0.25) is 0 Å². The molecular weight excluding hydrogens is 234 g/mol. The van der Waals surface area contributed by atoms with E-state index in [4.69, 9.17) is 11.6 Å². The fraction of sp³-hybridized carbons (Fsp3) is 0.615. The van der Waals surface area contributed by atoms with Gasteiger partial charge in [-0.2, -0.15) is 0 Å². The summed E-state index contributed by atoms with van der Waals surface area (Å²) in [6.45, 7) is 5.23. The van der Waals surface area contributed by atoms with E-state index >= 15 is 0 Å². The van der Waals surface area contributed by atoms with Crippen molar-refractivity contribution in [1.29, 1.82) is 0 Å². The number of hydrogen-bond donors (Lipinski definition) is 1. The molecule has 1 aromatic rings. The van der Waals surface area contributed by atoms with Crippen LogP contribution in [-0.2, 0) is 6.54 Å². The first-order chi connectivity index (χ1) is 8.24. The Bertz CT molecular complexity index is 381. The third-order valence-corrected chi connectivity index (χ3v) is 3.78. The maximum Gasteiger partial charge on any atom is 0.128 e. The number of anilines is 1. The second-order valence-electron chi connectivity index (χ2n) is 4.64. The molecule has 1 aliphatic rings. The highest BCUT2D eigenvalue weighted by atomic mass is 35.5. The van der Waals surface area contributed by atoms with Gasteiger partial charge >= 0.3 is 0 Å². The quantitative estimate of drug-likeness (QED) is 0.894. The van der Waals surface area contributed by atoms with E-state index in [9.17, 15) is 0 Å². The number of halogens is 1. The van der Waals surface area contributed by atoms with Gasteiger partial charge in [-0.3, -0.25) is 0 Å². The van der Waals surface area contributed by atoms with E-state index in [0.29, 0.717) is 0 Å². The molecule has 0 amide bonds. The minimum atomic E-state index is 0.720. The largest absolute Gasteiger partial charge is 0.356 e. The molecule has 0 saturated carbocycles. The van der Waals surface area contributed by atoms with E-state index in [1.807, 2.05) is 19.2 Å². The van der Waals surface area contributed by atoms with Gasteiger partial charge in [0.25, 0.3) is 0 Å². The lowest BCUT2D eigenvalue weighted by molar-refractivity contribution is 0.568. The smallest absolute Gasteiger partial charge is 0.128 e. The minimum absolute atomic E-state index is 0.720. The molecular formula is C13H20ClN3. The highest BCUT2D eigenvalue weighted by Gasteiger charge is 2.22. The van der Waals surface area contributed by atoms with Crippen molar-refractivity contribution in [1.82, 2.24) is 10.3 Å². The molecule has 1 saturated heterocycles. The van der Waals surface area contributed by atoms with Crippen LogP contribution in [0.2, 0.25) is 5.02 Å². The number of nitrogens with one attached hydrogen (secondary N) is 1. The standard InChI is InChI=1S/C13H20ClN3/c1-3-10-6-7-17(9-10)13-5-4-11(14)12(16-13)8-15-2/h4-5,10,15H,3,6-9H2,1-2H3. The van der Waals surface area contributed by atoms with E-state index in [1.165, 1.54) is 12.8 Å². The number of rotatable bonds is 4. The molecule has 1 aromatic heterocycles. The van der Waals surface area contributed by atoms with E-state index in [1.54, 1.807) is 0 Å². The Labute approximate surface area is 108 Å². The molecule has 0 bridgehead atoms. The van der Waals surface area contributed by atoms with Crippen LogP contribution in [0.1, 0.15) is 25.5 Å². The van der Waals surface area contributed by atoms with Crippen molar-refractivity contribution in [2.75, 3.05) is 25.0 Å². The first-order valence-electron chi connectivity index (χ1n) is 6.29. The van der Waals surface area contributed by atoms with Gasteiger partial charge in [0, 0.05) is 19.6 Å². The van der Waals surface area contributed by atoms with Crippen molar-refractivity contribution in [2.24, 2.45) is 5.92 Å². The van der Waals surface area contributed by atoms with Crippen LogP contribution in [0.3, 0.4) is 0 Å². The third kappa shape index (κ3) is 2.90. The molecule has 4 heteroatoms. The molecule has 1 atom stereocenters. The van der Waals surface area contributed by atoms with Gasteiger partial charge in [-0.15, -0.1) is 0 Å². The summed E-state index contributed by atoms with van der Waals surface area (Å²) in [6, 6.07) is 3.98. The predicted molar refractivity (Wildman–Crippen MR) is 72.6 cm³/mol. The van der Waals surface area contributed by atoms with Crippen LogP contribution in [0.5, 0.6) is 0 Å². The van der Waals surface area contributed by atoms with Crippen molar-refractivity contribution >= 4 is 17.4 Å². The van der Waals surface area contributed by atoms with Gasteiger partial charge in [-0.1, -0.05) is 24.9 Å². The Morgan fingerprint density at radius 1 is 1.53 bits per heavy atom. The lowest BCUT2D eigenvalue weighted by atomic mass is 10.1. The summed E-state index contributed by atoms with van der Waals surface area (Å²) in [5.74, 6) is 1.89. The van der Waals surface area contributed by atoms with Gasteiger partial charge < -0.3 is 10.2 Å². The molecule has 94 valence electrons. The predicted octanol–water partition coefficient (Wildman–Crippen LogP) is 2.69. The molecule has 0 aromatic carbocycles. The van der Waals surface area contributed by atoms with Crippen LogP contribution in [0.15, 0.2) is 12.1 Å². The van der Waals surface area contributed by atoms with Crippen molar-refractivity contribution in [3.63, 3.8) is 0 Å². The Kier molecular flexibility index (Phi) is 4.24. The van der Waals surface area contributed by atoms with Crippen molar-refractivity contribution in [3.8, 4) is 0 Å². The molecule has 0 aliphatic carbocycles. The van der Waals surface area contributed by atoms with Crippen molar-refractivity contribution < 1.29 is 0 Å². The fourth-order valence-electron chi connectivity index (χ4n) is 2.31. The molecule has 0 radical (unpaired) electrons. The summed E-state index contributed by atoms with van der Waals surface area (Å²) in [7, 11) is 1.91. The lowest BCUT2D eigenvalue weighted by Gasteiger charge is -2.18. The average Bonchev–Trinajstić information content (AvgIpc) is 2.81. The van der Waals surface area contributed by atoms with Crippen LogP contribution in [0.25, 0.3) is 0 Å². The highest BCUT2D eigenvalue weighted by Crippen LogP contribution is 2.26. The summed E-state index contributed by atoms with van der Waals surface area (Å²) in [5, 5.41) is 3.84. The monoisotopic (exact) mass is 253 g/mol. The zero-order valence-corrected chi connectivity index (χ0v) is 11.3. The molecule has 17 heavy (non-hydrogen) atoms. The number of hydrogen-bond acceptors (Lipinski definition) is 3. The van der Waals surface area contributed by atoms with Crippen LogP contribution >= 0.6 is 11.6 Å². The van der Waals surface area contributed by atoms with Crippen LogP contribution in [-0.4, -0.2) is 25.1 Å². The van der Waals surface area contributed by atoms with Crippen LogP contribution in [0.4, 0.5) is 5.82 Å². The van der Waals surface area contributed by atoms with Crippen LogP contribution < -0.4 is 10.2 Å².